The van der Waals surface area contributed by atoms with Crippen LogP contribution in [0, 0.1) is 17.5 Å². The first kappa shape index (κ1) is 16.3. The number of phenols is 1. The monoisotopic (exact) mass is 307 g/mol. The van der Waals surface area contributed by atoms with Gasteiger partial charge in [0.15, 0.2) is 17.4 Å². The summed E-state index contributed by atoms with van der Waals surface area (Å²) < 4.78 is 39.2. The molecule has 1 unspecified atom stereocenters. The molecule has 0 spiro atoms. The molecule has 0 aliphatic heterocycles. The second-order valence-corrected chi connectivity index (χ2v) is 3.84. The highest BCUT2D eigenvalue weighted by Crippen LogP contribution is 2.25. The number of carboxylic acid groups (broad SMARTS) is 2. The van der Waals surface area contributed by atoms with Crippen molar-refractivity contribution in [2.75, 3.05) is 0 Å². The van der Waals surface area contributed by atoms with Gasteiger partial charge in [-0.2, -0.15) is 4.39 Å². The lowest BCUT2D eigenvalue weighted by Gasteiger charge is -2.13. The van der Waals surface area contributed by atoms with E-state index in [-0.39, 0.29) is 6.07 Å². The van der Waals surface area contributed by atoms with Crippen LogP contribution in [0.25, 0.3) is 0 Å². The van der Waals surface area contributed by atoms with Crippen molar-refractivity contribution in [3.05, 3.63) is 29.1 Å². The number of halogens is 3. The van der Waals surface area contributed by atoms with Crippen LogP contribution in [0.15, 0.2) is 6.07 Å². The number of nitrogens with one attached hydrogen (secondary N) is 1. The van der Waals surface area contributed by atoms with E-state index in [0.717, 1.165) is 0 Å². The van der Waals surface area contributed by atoms with Crippen LogP contribution in [0.4, 0.5) is 13.2 Å². The van der Waals surface area contributed by atoms with Crippen molar-refractivity contribution >= 4 is 17.8 Å². The van der Waals surface area contributed by atoms with Crippen molar-refractivity contribution in [1.82, 2.24) is 5.32 Å². The minimum absolute atomic E-state index is 0.111. The SMILES string of the molecule is O=C(O)CC(NC(=O)c1cc(F)c(F)c(O)c1F)C(=O)O. The predicted molar refractivity (Wildman–Crippen MR) is 59.1 cm³/mol. The molecule has 10 heteroatoms. The molecular formula is C11H8F3NO6. The van der Waals surface area contributed by atoms with Crippen molar-refractivity contribution in [2.45, 2.75) is 12.5 Å². The highest BCUT2D eigenvalue weighted by atomic mass is 19.2. The third-order valence-electron chi connectivity index (χ3n) is 2.36. The van der Waals surface area contributed by atoms with E-state index in [1.807, 2.05) is 0 Å². The molecule has 1 aromatic carbocycles. The molecule has 4 N–H and O–H groups in total. The van der Waals surface area contributed by atoms with E-state index in [4.69, 9.17) is 15.3 Å². The lowest BCUT2D eigenvalue weighted by atomic mass is 10.1. The molecule has 0 radical (unpaired) electrons. The molecule has 114 valence electrons. The highest BCUT2D eigenvalue weighted by molar-refractivity contribution is 5.98. The summed E-state index contributed by atoms with van der Waals surface area (Å²) in [5.41, 5.74) is -1.16. The van der Waals surface area contributed by atoms with Crippen molar-refractivity contribution < 1.29 is 42.9 Å². The van der Waals surface area contributed by atoms with E-state index in [0.29, 0.717) is 0 Å². The molecule has 0 bridgehead atoms. The van der Waals surface area contributed by atoms with Gasteiger partial charge in [-0.05, 0) is 6.07 Å². The summed E-state index contributed by atoms with van der Waals surface area (Å²) in [4.78, 5) is 32.7. The maximum Gasteiger partial charge on any atom is 0.326 e. The Bertz CT molecular complexity index is 618. The summed E-state index contributed by atoms with van der Waals surface area (Å²) in [5.74, 6) is -12.0. The molecular weight excluding hydrogens is 299 g/mol. The van der Waals surface area contributed by atoms with Gasteiger partial charge in [0.05, 0.1) is 12.0 Å². The summed E-state index contributed by atoms with van der Waals surface area (Å²) in [6, 6.07) is -1.80. The Morgan fingerprint density at radius 2 is 1.71 bits per heavy atom. The van der Waals surface area contributed by atoms with Crippen LogP contribution in [-0.2, 0) is 9.59 Å². The standard InChI is InChI=1S/C11H8F3NO6/c12-4-1-3(7(13)9(18)8(4)14)10(19)15-5(11(20)21)2-6(16)17/h1,5,18H,2H2,(H,15,19)(H,16,17)(H,20,21). The second kappa shape index (κ2) is 6.11. The molecule has 1 aromatic rings. The van der Waals surface area contributed by atoms with Gasteiger partial charge in [-0.1, -0.05) is 0 Å². The molecule has 0 fully saturated rings. The fourth-order valence-corrected chi connectivity index (χ4v) is 1.37. The number of hydrogen-bond donors (Lipinski definition) is 4. The minimum Gasteiger partial charge on any atom is -0.503 e. The van der Waals surface area contributed by atoms with E-state index >= 15 is 0 Å². The fourth-order valence-electron chi connectivity index (χ4n) is 1.37. The zero-order valence-electron chi connectivity index (χ0n) is 10.1. The molecule has 0 heterocycles. The van der Waals surface area contributed by atoms with Gasteiger partial charge in [0.25, 0.3) is 5.91 Å². The Kier molecular flexibility index (Phi) is 4.74. The van der Waals surface area contributed by atoms with Crippen LogP contribution in [0.2, 0.25) is 0 Å². The van der Waals surface area contributed by atoms with Gasteiger partial charge in [0, 0.05) is 0 Å². The average Bonchev–Trinajstić information content (AvgIpc) is 2.38. The quantitative estimate of drug-likeness (QED) is 0.586. The molecule has 0 saturated heterocycles. The summed E-state index contributed by atoms with van der Waals surface area (Å²) in [6.45, 7) is 0. The van der Waals surface area contributed by atoms with E-state index in [2.05, 4.69) is 0 Å². The number of hydrogen-bond acceptors (Lipinski definition) is 4. The van der Waals surface area contributed by atoms with Gasteiger partial charge in [0.1, 0.15) is 6.04 Å². The third kappa shape index (κ3) is 3.61. The van der Waals surface area contributed by atoms with Gasteiger partial charge in [0.2, 0.25) is 5.82 Å². The van der Waals surface area contributed by atoms with E-state index in [1.165, 1.54) is 0 Å². The summed E-state index contributed by atoms with van der Waals surface area (Å²) in [5, 5.41) is 27.7. The van der Waals surface area contributed by atoms with Crippen molar-refractivity contribution in [3.8, 4) is 5.75 Å². The number of carbonyl (C=O) groups is 3. The van der Waals surface area contributed by atoms with Crippen molar-refractivity contribution in [2.24, 2.45) is 0 Å². The number of amides is 1. The number of aliphatic carboxylic acids is 2. The molecule has 0 aliphatic rings. The maximum atomic E-state index is 13.4. The minimum atomic E-state index is -1.91. The molecule has 0 saturated carbocycles. The molecule has 0 aromatic heterocycles. The first-order valence-corrected chi connectivity index (χ1v) is 5.27. The number of benzene rings is 1. The predicted octanol–water partition coefficient (Wildman–Crippen LogP) is 0.467. The smallest absolute Gasteiger partial charge is 0.326 e. The first-order valence-electron chi connectivity index (χ1n) is 5.27. The Hall–Kier alpha value is -2.78. The normalized spacial score (nSPS) is 11.8. The van der Waals surface area contributed by atoms with Gasteiger partial charge in [-0.15, -0.1) is 0 Å². The van der Waals surface area contributed by atoms with Crippen LogP contribution < -0.4 is 5.32 Å². The molecule has 1 amide bonds. The van der Waals surface area contributed by atoms with Crippen LogP contribution >= 0.6 is 0 Å². The average molecular weight is 307 g/mol. The molecule has 1 rings (SSSR count). The van der Waals surface area contributed by atoms with Gasteiger partial charge in [-0.3, -0.25) is 9.59 Å². The lowest BCUT2D eigenvalue weighted by molar-refractivity contribution is -0.145. The third-order valence-corrected chi connectivity index (χ3v) is 2.36. The number of rotatable bonds is 5. The second-order valence-electron chi connectivity index (χ2n) is 3.84. The lowest BCUT2D eigenvalue weighted by Crippen LogP contribution is -2.42. The first-order chi connectivity index (χ1) is 9.65. The van der Waals surface area contributed by atoms with Crippen LogP contribution in [0.5, 0.6) is 5.75 Å². The summed E-state index contributed by atoms with van der Waals surface area (Å²) >= 11 is 0. The zero-order valence-corrected chi connectivity index (χ0v) is 10.1. The molecule has 21 heavy (non-hydrogen) atoms. The topological polar surface area (TPSA) is 124 Å². The van der Waals surface area contributed by atoms with E-state index < -0.39 is 59.1 Å². The Morgan fingerprint density at radius 3 is 2.19 bits per heavy atom. The van der Waals surface area contributed by atoms with E-state index in [9.17, 15) is 27.6 Å². The number of aromatic hydroxyl groups is 1. The van der Waals surface area contributed by atoms with Gasteiger partial charge in [-0.25, -0.2) is 13.6 Å². The number of carbonyl (C=O) groups excluding carboxylic acids is 1. The van der Waals surface area contributed by atoms with Crippen LogP contribution in [0.1, 0.15) is 16.8 Å². The van der Waals surface area contributed by atoms with E-state index in [1.54, 1.807) is 5.32 Å². The largest absolute Gasteiger partial charge is 0.503 e. The number of carboxylic acids is 2. The summed E-state index contributed by atoms with van der Waals surface area (Å²) in [6.07, 6.45) is -1.02. The van der Waals surface area contributed by atoms with Crippen LogP contribution in [-0.4, -0.2) is 39.2 Å². The Labute approximate surface area is 114 Å². The molecule has 1 atom stereocenters. The van der Waals surface area contributed by atoms with Gasteiger partial charge >= 0.3 is 11.9 Å². The van der Waals surface area contributed by atoms with Crippen molar-refractivity contribution in [1.29, 1.82) is 0 Å². The molecule has 0 aliphatic carbocycles. The number of phenolic OH excluding ortho intramolecular Hbond substituents is 1. The van der Waals surface area contributed by atoms with Crippen molar-refractivity contribution in [3.63, 3.8) is 0 Å². The zero-order chi connectivity index (χ0) is 16.3. The maximum absolute atomic E-state index is 13.4. The van der Waals surface area contributed by atoms with Gasteiger partial charge < -0.3 is 20.6 Å². The van der Waals surface area contributed by atoms with Crippen LogP contribution in [0.3, 0.4) is 0 Å². The highest BCUT2D eigenvalue weighted by Gasteiger charge is 2.27. The summed E-state index contributed by atoms with van der Waals surface area (Å²) in [7, 11) is 0. The Balaban J connectivity index is 3.09. The molecule has 7 nitrogen and oxygen atoms in total. The fraction of sp³-hybridized carbons (Fsp3) is 0.182. The Morgan fingerprint density at radius 1 is 1.14 bits per heavy atom.